The maximum atomic E-state index is 12.2. The fourth-order valence-corrected chi connectivity index (χ4v) is 3.03. The molecular weight excluding hydrogens is 304 g/mol. The van der Waals surface area contributed by atoms with Gasteiger partial charge in [0.15, 0.2) is 0 Å². The summed E-state index contributed by atoms with van der Waals surface area (Å²) in [6, 6.07) is 5.77. The molecule has 0 unspecified atom stereocenters. The summed E-state index contributed by atoms with van der Waals surface area (Å²) >= 11 is 0. The van der Waals surface area contributed by atoms with E-state index in [1.54, 1.807) is 0 Å². The molecule has 0 spiro atoms. The topological polar surface area (TPSA) is 70.6 Å². The van der Waals surface area contributed by atoms with Gasteiger partial charge in [-0.2, -0.15) is 0 Å². The normalized spacial score (nSPS) is 20.5. The number of benzene rings is 1. The molecule has 2 amide bonds. The van der Waals surface area contributed by atoms with Crippen LogP contribution in [-0.2, 0) is 0 Å². The summed E-state index contributed by atoms with van der Waals surface area (Å²) in [5.41, 5.74) is 1.79. The molecule has 1 fully saturated rings. The molecule has 0 bridgehead atoms. The number of nitrogens with one attached hydrogen (secondary N) is 2. The first-order chi connectivity index (χ1) is 11.6. The molecule has 2 rings (SSSR count). The second-order valence-electron chi connectivity index (χ2n) is 6.68. The van der Waals surface area contributed by atoms with Crippen molar-refractivity contribution in [3.8, 4) is 5.75 Å². The minimum Gasteiger partial charge on any atom is -0.494 e. The molecule has 1 saturated carbocycles. The summed E-state index contributed by atoms with van der Waals surface area (Å²) in [6.07, 6.45) is 5.97. The minimum atomic E-state index is -0.162. The van der Waals surface area contributed by atoms with E-state index < -0.39 is 0 Å². The number of rotatable bonds is 7. The minimum absolute atomic E-state index is 0.162. The van der Waals surface area contributed by atoms with E-state index >= 15 is 0 Å². The van der Waals surface area contributed by atoms with Gasteiger partial charge in [-0.3, -0.25) is 0 Å². The van der Waals surface area contributed by atoms with Gasteiger partial charge in [-0.1, -0.05) is 13.3 Å². The van der Waals surface area contributed by atoms with Crippen LogP contribution in [0.15, 0.2) is 18.2 Å². The first-order valence-corrected chi connectivity index (χ1v) is 9.04. The van der Waals surface area contributed by atoms with Crippen molar-refractivity contribution in [1.29, 1.82) is 0 Å². The van der Waals surface area contributed by atoms with Gasteiger partial charge in [0.25, 0.3) is 0 Å². The maximum Gasteiger partial charge on any atom is 0.319 e. The molecule has 0 atom stereocenters. The van der Waals surface area contributed by atoms with Gasteiger partial charge >= 0.3 is 6.03 Å². The average molecular weight is 334 g/mol. The lowest BCUT2D eigenvalue weighted by Gasteiger charge is -2.28. The highest BCUT2D eigenvalue weighted by Crippen LogP contribution is 2.24. The molecule has 1 aliphatic rings. The fraction of sp³-hybridized carbons (Fsp3) is 0.632. The van der Waals surface area contributed by atoms with Crippen LogP contribution in [0.3, 0.4) is 0 Å². The van der Waals surface area contributed by atoms with Crippen LogP contribution >= 0.6 is 0 Å². The van der Waals surface area contributed by atoms with Gasteiger partial charge in [0.05, 0.1) is 6.61 Å². The van der Waals surface area contributed by atoms with Crippen molar-refractivity contribution in [3.05, 3.63) is 23.8 Å². The van der Waals surface area contributed by atoms with Crippen LogP contribution in [0.4, 0.5) is 10.5 Å². The number of anilines is 1. The first-order valence-electron chi connectivity index (χ1n) is 9.04. The fourth-order valence-electron chi connectivity index (χ4n) is 3.03. The van der Waals surface area contributed by atoms with Gasteiger partial charge in [0.1, 0.15) is 5.75 Å². The van der Waals surface area contributed by atoms with E-state index in [1.807, 2.05) is 25.1 Å². The Morgan fingerprint density at radius 3 is 2.67 bits per heavy atom. The smallest absolute Gasteiger partial charge is 0.319 e. The van der Waals surface area contributed by atoms with Crippen molar-refractivity contribution < 1.29 is 14.6 Å². The molecule has 1 aromatic rings. The lowest BCUT2D eigenvalue weighted by molar-refractivity contribution is 0.176. The molecule has 0 radical (unpaired) electrons. The van der Waals surface area contributed by atoms with Crippen LogP contribution in [0, 0.1) is 12.8 Å². The van der Waals surface area contributed by atoms with E-state index in [2.05, 4.69) is 17.6 Å². The zero-order valence-corrected chi connectivity index (χ0v) is 14.8. The Morgan fingerprint density at radius 2 is 2.04 bits per heavy atom. The maximum absolute atomic E-state index is 12.2. The molecule has 0 aliphatic heterocycles. The number of hydrogen-bond donors (Lipinski definition) is 3. The van der Waals surface area contributed by atoms with Crippen LogP contribution in [0.5, 0.6) is 5.75 Å². The number of hydrogen-bond acceptors (Lipinski definition) is 3. The number of aryl methyl sites for hydroxylation is 1. The third kappa shape index (κ3) is 5.71. The Balaban J connectivity index is 1.81. The molecular formula is C19H30N2O3. The first kappa shape index (κ1) is 18.6. The zero-order chi connectivity index (χ0) is 17.4. The van der Waals surface area contributed by atoms with Gasteiger partial charge < -0.3 is 20.5 Å². The van der Waals surface area contributed by atoms with Crippen molar-refractivity contribution in [2.45, 2.75) is 58.4 Å². The van der Waals surface area contributed by atoms with E-state index in [0.29, 0.717) is 5.92 Å². The standard InChI is InChI=1S/C19H30N2O3/c1-3-4-11-24-17-9-10-18(14(2)12-17)21-19(23)20-16-7-5-15(13-22)6-8-16/h9-10,12,15-16,22H,3-8,11,13H2,1-2H3,(H2,20,21,23). The van der Waals surface area contributed by atoms with E-state index in [4.69, 9.17) is 9.84 Å². The predicted molar refractivity (Wildman–Crippen MR) is 96.6 cm³/mol. The Hall–Kier alpha value is -1.75. The van der Waals surface area contributed by atoms with Crippen LogP contribution < -0.4 is 15.4 Å². The van der Waals surface area contributed by atoms with Gasteiger partial charge in [0, 0.05) is 18.3 Å². The quantitative estimate of drug-likeness (QED) is 0.663. The summed E-state index contributed by atoms with van der Waals surface area (Å²) in [4.78, 5) is 12.2. The highest BCUT2D eigenvalue weighted by molar-refractivity contribution is 5.90. The van der Waals surface area contributed by atoms with E-state index in [1.165, 1.54) is 0 Å². The molecule has 0 saturated heterocycles. The van der Waals surface area contributed by atoms with E-state index in [9.17, 15) is 4.79 Å². The predicted octanol–water partition coefficient (Wildman–Crippen LogP) is 3.85. The second-order valence-corrected chi connectivity index (χ2v) is 6.68. The van der Waals surface area contributed by atoms with Gasteiger partial charge in [-0.15, -0.1) is 0 Å². The second kappa shape index (κ2) is 9.52. The highest BCUT2D eigenvalue weighted by atomic mass is 16.5. The summed E-state index contributed by atoms with van der Waals surface area (Å²) in [5, 5.41) is 15.1. The van der Waals surface area contributed by atoms with Gasteiger partial charge in [-0.25, -0.2) is 4.79 Å². The van der Waals surface area contributed by atoms with E-state index in [0.717, 1.165) is 62.1 Å². The molecule has 0 heterocycles. The molecule has 24 heavy (non-hydrogen) atoms. The van der Waals surface area contributed by atoms with Crippen LogP contribution in [0.2, 0.25) is 0 Å². The Morgan fingerprint density at radius 1 is 1.29 bits per heavy atom. The van der Waals surface area contributed by atoms with E-state index in [-0.39, 0.29) is 18.7 Å². The van der Waals surface area contributed by atoms with Crippen molar-refractivity contribution in [3.63, 3.8) is 0 Å². The molecule has 5 heteroatoms. The molecule has 5 nitrogen and oxygen atoms in total. The lowest BCUT2D eigenvalue weighted by Crippen LogP contribution is -2.40. The third-order valence-corrected chi connectivity index (χ3v) is 4.65. The van der Waals surface area contributed by atoms with Crippen molar-refractivity contribution in [2.75, 3.05) is 18.5 Å². The molecule has 0 aromatic heterocycles. The van der Waals surface area contributed by atoms with Crippen LogP contribution in [-0.4, -0.2) is 30.4 Å². The number of unbranched alkanes of at least 4 members (excludes halogenated alkanes) is 1. The number of urea groups is 1. The monoisotopic (exact) mass is 334 g/mol. The number of carbonyl (C=O) groups is 1. The molecule has 134 valence electrons. The number of aliphatic hydroxyl groups excluding tert-OH is 1. The zero-order valence-electron chi connectivity index (χ0n) is 14.8. The summed E-state index contributed by atoms with van der Waals surface area (Å²) in [7, 11) is 0. The lowest BCUT2D eigenvalue weighted by atomic mass is 9.87. The van der Waals surface area contributed by atoms with Gasteiger partial charge in [-0.05, 0) is 68.7 Å². The summed E-state index contributed by atoms with van der Waals surface area (Å²) in [6.45, 7) is 5.08. The Bertz CT molecular complexity index is 525. The Labute approximate surface area is 144 Å². The third-order valence-electron chi connectivity index (χ3n) is 4.65. The number of carbonyl (C=O) groups excluding carboxylic acids is 1. The van der Waals surface area contributed by atoms with Gasteiger partial charge in [0.2, 0.25) is 0 Å². The van der Waals surface area contributed by atoms with Crippen LogP contribution in [0.25, 0.3) is 0 Å². The molecule has 1 aliphatic carbocycles. The highest BCUT2D eigenvalue weighted by Gasteiger charge is 2.21. The largest absolute Gasteiger partial charge is 0.494 e. The van der Waals surface area contributed by atoms with Crippen molar-refractivity contribution >= 4 is 11.7 Å². The SMILES string of the molecule is CCCCOc1ccc(NC(=O)NC2CCC(CO)CC2)c(C)c1. The van der Waals surface area contributed by atoms with Crippen molar-refractivity contribution in [1.82, 2.24) is 5.32 Å². The number of aliphatic hydroxyl groups is 1. The number of amides is 2. The number of ether oxygens (including phenoxy) is 1. The van der Waals surface area contributed by atoms with Crippen molar-refractivity contribution in [2.24, 2.45) is 5.92 Å². The summed E-state index contributed by atoms with van der Waals surface area (Å²) < 4.78 is 5.68. The average Bonchev–Trinajstić information content (AvgIpc) is 2.58. The molecule has 3 N–H and O–H groups in total. The summed E-state index contributed by atoms with van der Waals surface area (Å²) in [5.74, 6) is 1.24. The Kier molecular flexibility index (Phi) is 7.37. The van der Waals surface area contributed by atoms with Crippen LogP contribution in [0.1, 0.15) is 51.0 Å². The molecule has 1 aromatic carbocycles.